The van der Waals surface area contributed by atoms with E-state index in [0.717, 1.165) is 0 Å². The lowest BCUT2D eigenvalue weighted by Crippen LogP contribution is -2.40. The van der Waals surface area contributed by atoms with Crippen LogP contribution in [0.25, 0.3) is 0 Å². The van der Waals surface area contributed by atoms with E-state index in [2.05, 4.69) is 4.74 Å². The predicted octanol–water partition coefficient (Wildman–Crippen LogP) is -1.78. The number of hydrogen-bond acceptors (Lipinski definition) is 7. The summed E-state index contributed by atoms with van der Waals surface area (Å²) in [6, 6.07) is -1.40. The summed E-state index contributed by atoms with van der Waals surface area (Å²) in [6.07, 6.45) is -3.77. The smallest absolute Gasteiger partial charge is 0.376 e. The van der Waals surface area contributed by atoms with Crippen LogP contribution in [-0.2, 0) is 28.7 Å². The fraction of sp³-hybridized carbons (Fsp3) is 0.500. The third-order valence-electron chi connectivity index (χ3n) is 2.09. The van der Waals surface area contributed by atoms with E-state index >= 15 is 0 Å². The van der Waals surface area contributed by atoms with Crippen LogP contribution < -0.4 is 5.73 Å². The van der Waals surface area contributed by atoms with Crippen molar-refractivity contribution in [1.82, 2.24) is 0 Å². The minimum absolute atomic E-state index is 0.296. The number of ether oxygens (including phenoxy) is 1. The van der Waals surface area contributed by atoms with Crippen LogP contribution in [0.1, 0.15) is 19.3 Å². The summed E-state index contributed by atoms with van der Waals surface area (Å²) in [4.78, 5) is 53.7. The Labute approximate surface area is 112 Å². The Balaban J connectivity index is 4.67. The van der Waals surface area contributed by atoms with Gasteiger partial charge < -0.3 is 25.8 Å². The third kappa shape index (κ3) is 6.44. The van der Waals surface area contributed by atoms with Crippen molar-refractivity contribution in [2.45, 2.75) is 31.4 Å². The fourth-order valence-corrected chi connectivity index (χ4v) is 1.11. The molecule has 0 aliphatic rings. The first-order chi connectivity index (χ1) is 9.15. The molecule has 0 amide bonds. The van der Waals surface area contributed by atoms with Gasteiger partial charge in [0, 0.05) is 6.42 Å². The number of carbonyl (C=O) groups is 5. The number of aliphatic carboxylic acids is 3. The van der Waals surface area contributed by atoms with Crippen LogP contribution in [0.2, 0.25) is 0 Å². The van der Waals surface area contributed by atoms with Crippen LogP contribution in [0.4, 0.5) is 0 Å². The number of hydrogen-bond donors (Lipinski definition) is 4. The minimum atomic E-state index is -2.01. The molecule has 0 rings (SSSR count). The van der Waals surface area contributed by atoms with Crippen molar-refractivity contribution in [3.8, 4) is 0 Å². The van der Waals surface area contributed by atoms with E-state index in [1.807, 2.05) is 0 Å². The third-order valence-corrected chi connectivity index (χ3v) is 2.09. The van der Waals surface area contributed by atoms with Gasteiger partial charge in [-0.3, -0.25) is 19.2 Å². The summed E-state index contributed by atoms with van der Waals surface area (Å²) < 4.78 is 4.41. The number of rotatable bonds is 9. The van der Waals surface area contributed by atoms with Gasteiger partial charge in [0.2, 0.25) is 0 Å². The SMILES string of the molecule is N[C@@H](CCC(=O)O)C(=O)OC(CC(=O)O)C(=O)C(=O)O. The van der Waals surface area contributed by atoms with Gasteiger partial charge in [0.05, 0.1) is 6.42 Å². The highest BCUT2D eigenvalue weighted by Gasteiger charge is 2.32. The molecule has 0 saturated heterocycles. The van der Waals surface area contributed by atoms with Gasteiger partial charge in [0.15, 0.2) is 6.10 Å². The molecule has 0 bridgehead atoms. The molecule has 20 heavy (non-hydrogen) atoms. The van der Waals surface area contributed by atoms with Gasteiger partial charge >= 0.3 is 23.9 Å². The van der Waals surface area contributed by atoms with Gasteiger partial charge in [0.25, 0.3) is 5.78 Å². The van der Waals surface area contributed by atoms with Gasteiger partial charge in [-0.1, -0.05) is 0 Å². The van der Waals surface area contributed by atoms with Crippen LogP contribution in [0.5, 0.6) is 0 Å². The highest BCUT2D eigenvalue weighted by molar-refractivity contribution is 6.35. The van der Waals surface area contributed by atoms with Crippen molar-refractivity contribution in [3.63, 3.8) is 0 Å². The molecule has 5 N–H and O–H groups in total. The molecule has 0 aromatic carbocycles. The van der Waals surface area contributed by atoms with E-state index in [-0.39, 0.29) is 6.42 Å². The molecule has 1 unspecified atom stereocenters. The summed E-state index contributed by atoms with van der Waals surface area (Å²) in [5, 5.41) is 25.3. The Hall–Kier alpha value is -2.49. The Morgan fingerprint density at radius 2 is 1.55 bits per heavy atom. The lowest BCUT2D eigenvalue weighted by atomic mass is 10.1. The zero-order chi connectivity index (χ0) is 15.9. The number of carboxylic acid groups (broad SMARTS) is 3. The van der Waals surface area contributed by atoms with Crippen molar-refractivity contribution in [1.29, 1.82) is 0 Å². The number of carbonyl (C=O) groups excluding carboxylic acids is 2. The molecule has 112 valence electrons. The average molecular weight is 291 g/mol. The number of esters is 1. The highest BCUT2D eigenvalue weighted by atomic mass is 16.6. The summed E-state index contributed by atoms with van der Waals surface area (Å²) >= 11 is 0. The normalized spacial score (nSPS) is 13.1. The van der Waals surface area contributed by atoms with Crippen LogP contribution in [0.3, 0.4) is 0 Å². The van der Waals surface area contributed by atoms with Crippen LogP contribution in [0.15, 0.2) is 0 Å². The molecule has 0 radical (unpaired) electrons. The first kappa shape index (κ1) is 17.5. The molecule has 2 atom stereocenters. The molecule has 0 aliphatic carbocycles. The molecule has 0 fully saturated rings. The summed E-state index contributed by atoms with van der Waals surface area (Å²) in [7, 11) is 0. The zero-order valence-electron chi connectivity index (χ0n) is 10.1. The molecule has 0 saturated carbocycles. The fourth-order valence-electron chi connectivity index (χ4n) is 1.11. The van der Waals surface area contributed by atoms with Gasteiger partial charge in [-0.15, -0.1) is 0 Å². The lowest BCUT2D eigenvalue weighted by molar-refractivity contribution is -0.165. The highest BCUT2D eigenvalue weighted by Crippen LogP contribution is 2.06. The molecule has 0 aromatic heterocycles. The van der Waals surface area contributed by atoms with Gasteiger partial charge in [-0.25, -0.2) is 4.79 Å². The van der Waals surface area contributed by atoms with Gasteiger partial charge in [-0.2, -0.15) is 0 Å². The van der Waals surface area contributed by atoms with Crippen molar-refractivity contribution in [3.05, 3.63) is 0 Å². The number of carboxylic acids is 3. The molecule has 10 nitrogen and oxygen atoms in total. The van der Waals surface area contributed by atoms with Crippen LogP contribution in [0, 0.1) is 0 Å². The van der Waals surface area contributed by atoms with Gasteiger partial charge in [0.1, 0.15) is 6.04 Å². The molecular formula is C10H13NO9. The quantitative estimate of drug-likeness (QED) is 0.280. The molecule has 0 spiro atoms. The standard InChI is InChI=1S/C10H13NO9/c11-4(1-2-6(12)13)10(19)20-5(3-7(14)15)8(16)9(17)18/h4-5H,1-3,11H2,(H,12,13)(H,14,15)(H,17,18)/t4-,5?/m0/s1. The minimum Gasteiger partial charge on any atom is -0.481 e. The second-order valence-corrected chi connectivity index (χ2v) is 3.73. The summed E-state index contributed by atoms with van der Waals surface area (Å²) in [5.74, 6) is -7.56. The maximum atomic E-state index is 11.4. The summed E-state index contributed by atoms with van der Waals surface area (Å²) in [6.45, 7) is 0. The monoisotopic (exact) mass is 291 g/mol. The van der Waals surface area contributed by atoms with Crippen molar-refractivity contribution in [2.75, 3.05) is 0 Å². The molecule has 0 heterocycles. The van der Waals surface area contributed by atoms with E-state index in [1.165, 1.54) is 0 Å². The van der Waals surface area contributed by atoms with Gasteiger partial charge in [-0.05, 0) is 6.42 Å². The molecule has 0 aliphatic heterocycles. The molecular weight excluding hydrogens is 278 g/mol. The Kier molecular flexibility index (Phi) is 6.86. The maximum Gasteiger partial charge on any atom is 0.376 e. The predicted molar refractivity (Wildman–Crippen MR) is 59.6 cm³/mol. The van der Waals surface area contributed by atoms with Crippen LogP contribution in [-0.4, -0.2) is 57.1 Å². The topological polar surface area (TPSA) is 181 Å². The molecule has 10 heteroatoms. The van der Waals surface area contributed by atoms with Crippen molar-refractivity contribution < 1.29 is 44.0 Å². The number of ketones is 1. The van der Waals surface area contributed by atoms with Crippen LogP contribution >= 0.6 is 0 Å². The summed E-state index contributed by atoms with van der Waals surface area (Å²) in [5.41, 5.74) is 5.28. The number of Topliss-reactive ketones (excluding diaryl/α,β-unsaturated/α-hetero) is 1. The second kappa shape index (κ2) is 7.84. The number of nitrogens with two attached hydrogens (primary N) is 1. The Bertz CT molecular complexity index is 430. The first-order valence-electron chi connectivity index (χ1n) is 5.32. The van der Waals surface area contributed by atoms with Crippen molar-refractivity contribution in [2.24, 2.45) is 5.73 Å². The van der Waals surface area contributed by atoms with E-state index in [4.69, 9.17) is 21.1 Å². The van der Waals surface area contributed by atoms with E-state index in [0.29, 0.717) is 0 Å². The zero-order valence-corrected chi connectivity index (χ0v) is 10.1. The maximum absolute atomic E-state index is 11.4. The first-order valence-corrected chi connectivity index (χ1v) is 5.32. The van der Waals surface area contributed by atoms with E-state index < -0.39 is 54.6 Å². The lowest BCUT2D eigenvalue weighted by Gasteiger charge is -2.16. The van der Waals surface area contributed by atoms with E-state index in [1.54, 1.807) is 0 Å². The Morgan fingerprint density at radius 1 is 1.00 bits per heavy atom. The largest absolute Gasteiger partial charge is 0.481 e. The Morgan fingerprint density at radius 3 is 1.95 bits per heavy atom. The average Bonchev–Trinajstić information content (AvgIpc) is 2.33. The molecule has 0 aromatic rings. The van der Waals surface area contributed by atoms with Crippen molar-refractivity contribution >= 4 is 29.7 Å². The second-order valence-electron chi connectivity index (χ2n) is 3.73. The van der Waals surface area contributed by atoms with E-state index in [9.17, 15) is 24.0 Å².